The van der Waals surface area contributed by atoms with Gasteiger partial charge in [0.25, 0.3) is 0 Å². The topological polar surface area (TPSA) is 91.7 Å². The molecule has 0 amide bonds. The minimum absolute atomic E-state index is 0.0946. The number of nitrogens with two attached hydrogens (primary N) is 1. The average Bonchev–Trinajstić information content (AvgIpc) is 2.75. The predicted octanol–water partition coefficient (Wildman–Crippen LogP) is 4.44. The highest BCUT2D eigenvalue weighted by Gasteiger charge is 2.23. The third-order valence-corrected chi connectivity index (χ3v) is 4.72. The fourth-order valence-electron chi connectivity index (χ4n) is 3.43. The zero-order chi connectivity index (χ0) is 20.4. The molecule has 0 aliphatic rings. The Morgan fingerprint density at radius 1 is 1.07 bits per heavy atom. The summed E-state index contributed by atoms with van der Waals surface area (Å²) < 4.78 is 14.9. The molecule has 2 aromatic heterocycles. The molecule has 0 radical (unpaired) electrons. The Labute approximate surface area is 167 Å². The number of nitriles is 1. The molecule has 0 atom stereocenters. The normalized spacial score (nSPS) is 10.7. The molecule has 7 heteroatoms. The molecule has 6 nitrogen and oxygen atoms in total. The number of pyridine rings is 1. The van der Waals surface area contributed by atoms with Gasteiger partial charge in [-0.1, -0.05) is 36.4 Å². The maximum absolute atomic E-state index is 14.9. The van der Waals surface area contributed by atoms with E-state index < -0.39 is 0 Å². The Morgan fingerprint density at radius 3 is 2.59 bits per heavy atom. The summed E-state index contributed by atoms with van der Waals surface area (Å²) in [6, 6.07) is 16.4. The van der Waals surface area contributed by atoms with Gasteiger partial charge in [-0.25, -0.2) is 14.4 Å². The second kappa shape index (κ2) is 7.52. The molecule has 4 rings (SSSR count). The van der Waals surface area contributed by atoms with Gasteiger partial charge in [0.2, 0.25) is 0 Å². The van der Waals surface area contributed by atoms with Crippen LogP contribution in [-0.4, -0.2) is 21.5 Å². The summed E-state index contributed by atoms with van der Waals surface area (Å²) in [7, 11) is 0. The Kier molecular flexibility index (Phi) is 4.75. The van der Waals surface area contributed by atoms with Gasteiger partial charge in [-0.3, -0.25) is 4.98 Å². The van der Waals surface area contributed by atoms with Gasteiger partial charge in [-0.2, -0.15) is 5.26 Å². The molecule has 0 aliphatic heterocycles. The van der Waals surface area contributed by atoms with E-state index in [1.54, 1.807) is 23.2 Å². The highest BCUT2D eigenvalue weighted by atomic mass is 19.1. The zero-order valence-electron chi connectivity index (χ0n) is 15.7. The summed E-state index contributed by atoms with van der Waals surface area (Å²) in [5.74, 6) is 0.0868. The molecule has 142 valence electrons. The molecular weight excluding hydrogens is 367 g/mol. The third-order valence-electron chi connectivity index (χ3n) is 4.72. The van der Waals surface area contributed by atoms with Crippen molar-refractivity contribution in [2.24, 2.45) is 0 Å². The molecule has 0 fully saturated rings. The molecular formula is C22H17FN6. The van der Waals surface area contributed by atoms with Crippen molar-refractivity contribution in [1.82, 2.24) is 15.0 Å². The zero-order valence-corrected chi connectivity index (χ0v) is 15.7. The van der Waals surface area contributed by atoms with E-state index in [0.717, 1.165) is 5.56 Å². The number of anilines is 3. The van der Waals surface area contributed by atoms with Crippen LogP contribution in [-0.2, 0) is 0 Å². The first kappa shape index (κ1) is 18.3. The van der Waals surface area contributed by atoms with Gasteiger partial charge in [-0.05, 0) is 24.6 Å². The van der Waals surface area contributed by atoms with E-state index in [9.17, 15) is 9.65 Å². The van der Waals surface area contributed by atoms with E-state index in [4.69, 9.17) is 5.73 Å². The van der Waals surface area contributed by atoms with Crippen LogP contribution in [0.25, 0.3) is 22.0 Å². The summed E-state index contributed by atoms with van der Waals surface area (Å²) >= 11 is 0. The fraction of sp³-hybridized carbons (Fsp3) is 0.0909. The number of rotatable bonds is 4. The highest BCUT2D eigenvalue weighted by Crippen LogP contribution is 2.40. The summed E-state index contributed by atoms with van der Waals surface area (Å²) in [5.41, 5.74) is 8.75. The van der Waals surface area contributed by atoms with Crippen molar-refractivity contribution in [2.75, 3.05) is 17.2 Å². The predicted molar refractivity (Wildman–Crippen MR) is 111 cm³/mol. The highest BCUT2D eigenvalue weighted by molar-refractivity contribution is 6.02. The van der Waals surface area contributed by atoms with E-state index in [2.05, 4.69) is 21.0 Å². The molecule has 2 heterocycles. The van der Waals surface area contributed by atoms with E-state index in [1.165, 1.54) is 12.4 Å². The quantitative estimate of drug-likeness (QED) is 0.559. The van der Waals surface area contributed by atoms with Gasteiger partial charge < -0.3 is 10.6 Å². The molecule has 2 N–H and O–H groups in total. The number of hydrogen-bond donors (Lipinski definition) is 1. The van der Waals surface area contributed by atoms with Gasteiger partial charge in [0, 0.05) is 17.5 Å². The number of hydrogen-bond acceptors (Lipinski definition) is 6. The largest absolute Gasteiger partial charge is 0.382 e. The fourth-order valence-corrected chi connectivity index (χ4v) is 3.43. The van der Waals surface area contributed by atoms with Crippen molar-refractivity contribution in [3.63, 3.8) is 0 Å². The summed E-state index contributed by atoms with van der Waals surface area (Å²) in [4.78, 5) is 14.5. The number of aromatic nitrogens is 3. The third kappa shape index (κ3) is 3.11. The van der Waals surface area contributed by atoms with Gasteiger partial charge in [-0.15, -0.1) is 0 Å². The molecule has 0 spiro atoms. The second-order valence-electron chi connectivity index (χ2n) is 6.33. The van der Waals surface area contributed by atoms with Gasteiger partial charge >= 0.3 is 0 Å². The lowest BCUT2D eigenvalue weighted by atomic mass is 9.98. The molecule has 29 heavy (non-hydrogen) atoms. The van der Waals surface area contributed by atoms with Crippen molar-refractivity contribution >= 4 is 28.2 Å². The Balaban J connectivity index is 2.08. The second-order valence-corrected chi connectivity index (χ2v) is 6.33. The molecule has 0 unspecified atom stereocenters. The van der Waals surface area contributed by atoms with Crippen molar-refractivity contribution in [3.05, 3.63) is 72.4 Å². The van der Waals surface area contributed by atoms with Crippen LogP contribution in [0.2, 0.25) is 0 Å². The van der Waals surface area contributed by atoms with Crippen molar-refractivity contribution in [1.29, 1.82) is 5.26 Å². The minimum Gasteiger partial charge on any atom is -0.382 e. The molecule has 0 saturated carbocycles. The molecule has 0 saturated heterocycles. The lowest BCUT2D eigenvalue weighted by Gasteiger charge is -2.26. The number of nitrogen functional groups attached to an aromatic ring is 1. The first-order chi connectivity index (χ1) is 14.2. The van der Waals surface area contributed by atoms with Crippen molar-refractivity contribution in [3.8, 4) is 17.2 Å². The number of fused-ring (bicyclic) bond motifs is 1. The Morgan fingerprint density at radius 2 is 1.86 bits per heavy atom. The summed E-state index contributed by atoms with van der Waals surface area (Å²) in [6.07, 6.45) is 2.98. The van der Waals surface area contributed by atoms with Crippen molar-refractivity contribution < 1.29 is 4.39 Å². The number of halogens is 1. The first-order valence-electron chi connectivity index (χ1n) is 9.06. The van der Waals surface area contributed by atoms with E-state index in [-0.39, 0.29) is 17.2 Å². The smallest absolute Gasteiger partial charge is 0.156 e. The summed E-state index contributed by atoms with van der Waals surface area (Å²) in [5, 5.41) is 9.99. The Hall–Kier alpha value is -4.05. The minimum atomic E-state index is -0.366. The molecule has 0 aliphatic carbocycles. The summed E-state index contributed by atoms with van der Waals surface area (Å²) in [6.45, 7) is 2.38. The maximum Gasteiger partial charge on any atom is 0.156 e. The monoisotopic (exact) mass is 384 g/mol. The van der Waals surface area contributed by atoms with Crippen LogP contribution in [0.1, 0.15) is 12.5 Å². The maximum atomic E-state index is 14.9. The van der Waals surface area contributed by atoms with E-state index in [1.807, 2.05) is 37.3 Å². The van der Waals surface area contributed by atoms with Crippen LogP contribution in [0.4, 0.5) is 21.7 Å². The van der Waals surface area contributed by atoms with Gasteiger partial charge in [0.05, 0.1) is 17.4 Å². The SMILES string of the molecule is CCN(c1cnc2cccc(F)c2c1-c1ccccc1)c1ncnc(N)c1C#N. The van der Waals surface area contributed by atoms with Crippen LogP contribution >= 0.6 is 0 Å². The van der Waals surface area contributed by atoms with Crippen LogP contribution < -0.4 is 10.6 Å². The van der Waals surface area contributed by atoms with E-state index >= 15 is 0 Å². The van der Waals surface area contributed by atoms with E-state index in [0.29, 0.717) is 34.5 Å². The molecule has 4 aromatic rings. The van der Waals surface area contributed by atoms with Crippen LogP contribution in [0.5, 0.6) is 0 Å². The lowest BCUT2D eigenvalue weighted by Crippen LogP contribution is -2.21. The first-order valence-corrected chi connectivity index (χ1v) is 9.06. The standard InChI is InChI=1S/C22H17FN6/c1-2-29(22-15(11-24)21(25)27-13-28-22)18-12-26-17-10-6-9-16(23)20(17)19(18)14-7-4-3-5-8-14/h3-10,12-13H,2H2,1H3,(H2,25,27,28). The van der Waals surface area contributed by atoms with Gasteiger partial charge in [0.15, 0.2) is 5.82 Å². The van der Waals surface area contributed by atoms with Gasteiger partial charge in [0.1, 0.15) is 29.6 Å². The number of nitrogens with zero attached hydrogens (tertiary/aromatic N) is 5. The number of benzene rings is 2. The average molecular weight is 384 g/mol. The lowest BCUT2D eigenvalue weighted by molar-refractivity contribution is 0.640. The van der Waals surface area contributed by atoms with Crippen LogP contribution in [0, 0.1) is 17.1 Å². The van der Waals surface area contributed by atoms with Crippen molar-refractivity contribution in [2.45, 2.75) is 6.92 Å². The van der Waals surface area contributed by atoms with Crippen LogP contribution in [0.3, 0.4) is 0 Å². The molecule has 0 bridgehead atoms. The molecule has 2 aromatic carbocycles. The van der Waals surface area contributed by atoms with Crippen LogP contribution in [0.15, 0.2) is 61.1 Å². The Bertz CT molecular complexity index is 1230.